The van der Waals surface area contributed by atoms with Crippen molar-refractivity contribution in [2.75, 3.05) is 20.7 Å². The predicted octanol–water partition coefficient (Wildman–Crippen LogP) is 2.25. The van der Waals surface area contributed by atoms with Crippen LogP contribution in [0.2, 0.25) is 5.02 Å². The average molecular weight is 218 g/mol. The second-order valence-electron chi connectivity index (χ2n) is 2.94. The number of likely N-dealkylation sites (N-methyl/N-ethyl adjacent to an activating group) is 1. The minimum absolute atomic E-state index is 0.107. The number of benzene rings is 1. The van der Waals surface area contributed by atoms with Crippen LogP contribution in [0.25, 0.3) is 0 Å². The molecular formula is C10H13ClFNO. The van der Waals surface area contributed by atoms with Crippen molar-refractivity contribution < 1.29 is 9.13 Å². The van der Waals surface area contributed by atoms with Crippen LogP contribution in [-0.4, -0.2) is 20.7 Å². The highest BCUT2D eigenvalue weighted by Gasteiger charge is 2.08. The maximum Gasteiger partial charge on any atom is 0.145 e. The Kier molecular flexibility index (Phi) is 4.17. The van der Waals surface area contributed by atoms with E-state index in [-0.39, 0.29) is 10.8 Å². The fourth-order valence-corrected chi connectivity index (χ4v) is 1.41. The Labute approximate surface area is 88.0 Å². The lowest BCUT2D eigenvalue weighted by molar-refractivity contribution is 0.412. The van der Waals surface area contributed by atoms with Crippen LogP contribution in [0.3, 0.4) is 0 Å². The fraction of sp³-hybridized carbons (Fsp3) is 0.400. The predicted molar refractivity (Wildman–Crippen MR) is 55.6 cm³/mol. The molecule has 0 atom stereocenters. The molecule has 0 fully saturated rings. The van der Waals surface area contributed by atoms with E-state index in [0.29, 0.717) is 24.3 Å². The summed E-state index contributed by atoms with van der Waals surface area (Å²) in [6.07, 6.45) is 0.596. The van der Waals surface area contributed by atoms with E-state index in [1.165, 1.54) is 13.2 Å². The number of hydrogen-bond acceptors (Lipinski definition) is 2. The van der Waals surface area contributed by atoms with Crippen molar-refractivity contribution >= 4 is 11.6 Å². The number of halogens is 2. The summed E-state index contributed by atoms with van der Waals surface area (Å²) in [6, 6.07) is 3.14. The molecule has 1 rings (SSSR count). The van der Waals surface area contributed by atoms with Gasteiger partial charge >= 0.3 is 0 Å². The summed E-state index contributed by atoms with van der Waals surface area (Å²) in [6.45, 7) is 0.709. The Morgan fingerprint density at radius 3 is 2.79 bits per heavy atom. The number of hydrogen-bond donors (Lipinski definition) is 1. The Hall–Kier alpha value is -0.800. The topological polar surface area (TPSA) is 21.3 Å². The maximum absolute atomic E-state index is 13.4. The molecule has 0 radical (unpaired) electrons. The molecule has 0 aliphatic heterocycles. The monoisotopic (exact) mass is 217 g/mol. The van der Waals surface area contributed by atoms with Gasteiger partial charge in [-0.3, -0.25) is 0 Å². The highest BCUT2D eigenvalue weighted by Crippen LogP contribution is 2.25. The van der Waals surface area contributed by atoms with Gasteiger partial charge in [-0.1, -0.05) is 11.6 Å². The van der Waals surface area contributed by atoms with Gasteiger partial charge in [0, 0.05) is 6.07 Å². The van der Waals surface area contributed by atoms with Crippen LogP contribution in [0.15, 0.2) is 12.1 Å². The summed E-state index contributed by atoms with van der Waals surface area (Å²) in [7, 11) is 3.35. The van der Waals surface area contributed by atoms with E-state index < -0.39 is 0 Å². The van der Waals surface area contributed by atoms with Gasteiger partial charge in [0.25, 0.3) is 0 Å². The second-order valence-corrected chi connectivity index (χ2v) is 3.34. The van der Waals surface area contributed by atoms with Crippen LogP contribution < -0.4 is 10.1 Å². The highest BCUT2D eigenvalue weighted by molar-refractivity contribution is 6.30. The van der Waals surface area contributed by atoms with Crippen LogP contribution >= 0.6 is 11.6 Å². The van der Waals surface area contributed by atoms with Crippen LogP contribution in [-0.2, 0) is 6.42 Å². The van der Waals surface area contributed by atoms with Crippen LogP contribution in [0.5, 0.6) is 5.75 Å². The average Bonchev–Trinajstić information content (AvgIpc) is 2.20. The van der Waals surface area contributed by atoms with Gasteiger partial charge in [-0.15, -0.1) is 0 Å². The van der Waals surface area contributed by atoms with E-state index in [0.717, 1.165) is 0 Å². The molecule has 14 heavy (non-hydrogen) atoms. The minimum Gasteiger partial charge on any atom is -0.497 e. The highest BCUT2D eigenvalue weighted by atomic mass is 35.5. The summed E-state index contributed by atoms with van der Waals surface area (Å²) < 4.78 is 18.4. The van der Waals surface area contributed by atoms with Crippen molar-refractivity contribution in [3.05, 3.63) is 28.5 Å². The fourth-order valence-electron chi connectivity index (χ4n) is 1.18. The molecular weight excluding hydrogens is 205 g/mol. The molecule has 0 aliphatic carbocycles. The third-order valence-electron chi connectivity index (χ3n) is 1.96. The third kappa shape index (κ3) is 2.59. The summed E-state index contributed by atoms with van der Waals surface area (Å²) in [5, 5.41) is 3.06. The number of nitrogens with one attached hydrogen (secondary N) is 1. The largest absolute Gasteiger partial charge is 0.497 e. The lowest BCUT2D eigenvalue weighted by Crippen LogP contribution is -2.11. The number of ether oxygens (including phenoxy) is 1. The van der Waals surface area contributed by atoms with Gasteiger partial charge in [0.2, 0.25) is 0 Å². The molecule has 2 nitrogen and oxygen atoms in total. The molecule has 0 heterocycles. The second kappa shape index (κ2) is 5.17. The molecule has 0 amide bonds. The smallest absolute Gasteiger partial charge is 0.145 e. The van der Waals surface area contributed by atoms with Crippen molar-refractivity contribution in [1.29, 1.82) is 0 Å². The lowest BCUT2D eigenvalue weighted by Gasteiger charge is -2.07. The van der Waals surface area contributed by atoms with Gasteiger partial charge in [-0.25, -0.2) is 4.39 Å². The SMILES string of the molecule is CNCCc1cc(OC)cc(Cl)c1F. The first-order chi connectivity index (χ1) is 6.69. The van der Waals surface area contributed by atoms with Gasteiger partial charge in [0.05, 0.1) is 12.1 Å². The summed E-state index contributed by atoms with van der Waals surface area (Å²) in [4.78, 5) is 0. The van der Waals surface area contributed by atoms with Gasteiger partial charge in [0.1, 0.15) is 11.6 Å². The maximum atomic E-state index is 13.4. The van der Waals surface area contributed by atoms with Crippen LogP contribution in [0.1, 0.15) is 5.56 Å². The minimum atomic E-state index is -0.359. The van der Waals surface area contributed by atoms with Crippen molar-refractivity contribution in [3.8, 4) is 5.75 Å². The zero-order valence-electron chi connectivity index (χ0n) is 8.23. The first kappa shape index (κ1) is 11.3. The molecule has 0 bridgehead atoms. The quantitative estimate of drug-likeness (QED) is 0.836. The van der Waals surface area contributed by atoms with E-state index in [1.807, 2.05) is 7.05 Å². The molecule has 1 aromatic carbocycles. The Morgan fingerprint density at radius 1 is 1.50 bits per heavy atom. The summed E-state index contributed by atoms with van der Waals surface area (Å²) >= 11 is 5.70. The number of methoxy groups -OCH3 is 1. The summed E-state index contributed by atoms with van der Waals surface area (Å²) in [5.74, 6) is 0.227. The molecule has 0 aromatic heterocycles. The molecule has 0 saturated heterocycles. The van der Waals surface area contributed by atoms with Crippen molar-refractivity contribution in [1.82, 2.24) is 5.32 Å². The van der Waals surface area contributed by atoms with Gasteiger partial charge in [0.15, 0.2) is 0 Å². The molecule has 0 spiro atoms. The van der Waals surface area contributed by atoms with E-state index in [1.54, 1.807) is 6.07 Å². The Morgan fingerprint density at radius 2 is 2.21 bits per heavy atom. The van der Waals surface area contributed by atoms with Crippen molar-refractivity contribution in [2.45, 2.75) is 6.42 Å². The van der Waals surface area contributed by atoms with Crippen LogP contribution in [0.4, 0.5) is 4.39 Å². The van der Waals surface area contributed by atoms with Gasteiger partial charge < -0.3 is 10.1 Å². The first-order valence-electron chi connectivity index (χ1n) is 4.35. The molecule has 1 N–H and O–H groups in total. The molecule has 78 valence electrons. The summed E-state index contributed by atoms with van der Waals surface area (Å²) in [5.41, 5.74) is 0.573. The third-order valence-corrected chi connectivity index (χ3v) is 2.23. The van der Waals surface area contributed by atoms with E-state index in [4.69, 9.17) is 16.3 Å². The zero-order valence-corrected chi connectivity index (χ0v) is 8.99. The molecule has 4 heteroatoms. The first-order valence-corrected chi connectivity index (χ1v) is 4.73. The van der Waals surface area contributed by atoms with Crippen molar-refractivity contribution in [2.24, 2.45) is 0 Å². The van der Waals surface area contributed by atoms with E-state index in [9.17, 15) is 4.39 Å². The Bertz CT molecular complexity index is 317. The normalized spacial score (nSPS) is 10.3. The molecule has 0 saturated carbocycles. The lowest BCUT2D eigenvalue weighted by atomic mass is 10.1. The molecule has 0 aliphatic rings. The zero-order chi connectivity index (χ0) is 10.6. The molecule has 1 aromatic rings. The standard InChI is InChI=1S/C10H13ClFNO/c1-13-4-3-7-5-8(14-2)6-9(11)10(7)12/h5-6,13H,3-4H2,1-2H3. The number of rotatable bonds is 4. The van der Waals surface area contributed by atoms with E-state index in [2.05, 4.69) is 5.32 Å². The van der Waals surface area contributed by atoms with Crippen LogP contribution in [0, 0.1) is 5.82 Å². The van der Waals surface area contributed by atoms with Gasteiger partial charge in [-0.2, -0.15) is 0 Å². The van der Waals surface area contributed by atoms with E-state index >= 15 is 0 Å². The molecule has 0 unspecified atom stereocenters. The van der Waals surface area contributed by atoms with Gasteiger partial charge in [-0.05, 0) is 31.6 Å². The van der Waals surface area contributed by atoms with Crippen molar-refractivity contribution in [3.63, 3.8) is 0 Å². The Balaban J connectivity index is 2.95.